The van der Waals surface area contributed by atoms with Gasteiger partial charge in [-0.3, -0.25) is 5.32 Å². The predicted octanol–water partition coefficient (Wildman–Crippen LogP) is 6.02. The molecule has 2 aliphatic carbocycles. The van der Waals surface area contributed by atoms with Crippen molar-refractivity contribution in [2.24, 2.45) is 0 Å². The van der Waals surface area contributed by atoms with E-state index >= 15 is 0 Å². The van der Waals surface area contributed by atoms with Crippen LogP contribution in [-0.2, 0) is 21.0 Å². The molecule has 2 saturated carbocycles. The van der Waals surface area contributed by atoms with Crippen LogP contribution in [-0.4, -0.2) is 44.1 Å². The number of nitrogens with zero attached hydrogens (tertiary/aromatic N) is 1. The number of hydrogen-bond acceptors (Lipinski definition) is 9. The number of alkyl carbamates (subject to hydrolysis) is 1. The molecule has 2 unspecified atom stereocenters. The molecule has 0 spiro atoms. The fourth-order valence-electron chi connectivity index (χ4n) is 5.17. The maximum atomic E-state index is 13.7. The molecule has 41 heavy (non-hydrogen) atoms. The Morgan fingerprint density at radius 1 is 1.12 bits per heavy atom. The highest BCUT2D eigenvalue weighted by Gasteiger charge is 2.36. The summed E-state index contributed by atoms with van der Waals surface area (Å²) >= 11 is 1.59. The maximum absolute atomic E-state index is 13.7. The first-order valence-electron chi connectivity index (χ1n) is 14.3. The lowest BCUT2D eigenvalue weighted by atomic mass is 9.86. The van der Waals surface area contributed by atoms with Crippen molar-refractivity contribution >= 4 is 32.8 Å². The largest absolute Gasteiger partial charge is 0.447 e. The van der Waals surface area contributed by atoms with Crippen LogP contribution in [0, 0.1) is 4.78 Å². The summed E-state index contributed by atoms with van der Waals surface area (Å²) in [6, 6.07) is 15.4. The van der Waals surface area contributed by atoms with E-state index in [9.17, 15) is 14.1 Å². The second-order valence-corrected chi connectivity index (χ2v) is 14.5. The van der Waals surface area contributed by atoms with Crippen LogP contribution < -0.4 is 16.0 Å². The summed E-state index contributed by atoms with van der Waals surface area (Å²) in [4.78, 5) is 18.1. The van der Waals surface area contributed by atoms with E-state index in [-0.39, 0.29) is 23.5 Å². The Labute approximate surface area is 246 Å². The van der Waals surface area contributed by atoms with Gasteiger partial charge in [-0.1, -0.05) is 36.4 Å². The Morgan fingerprint density at radius 3 is 2.54 bits per heavy atom. The van der Waals surface area contributed by atoms with E-state index in [4.69, 9.17) is 14.5 Å². The van der Waals surface area contributed by atoms with Gasteiger partial charge in [0.1, 0.15) is 0 Å². The highest BCUT2D eigenvalue weighted by atomic mass is 32.2. The molecule has 2 atom stereocenters. The van der Waals surface area contributed by atoms with Gasteiger partial charge >= 0.3 is 6.09 Å². The van der Waals surface area contributed by atoms with Crippen LogP contribution in [0.2, 0.25) is 0 Å². The average Bonchev–Trinajstić information content (AvgIpc) is 3.71. The number of carbonyl (C=O) groups is 1. The van der Waals surface area contributed by atoms with Crippen molar-refractivity contribution in [2.75, 3.05) is 5.32 Å². The smallest absolute Gasteiger partial charge is 0.407 e. The number of thiazole rings is 1. The van der Waals surface area contributed by atoms with E-state index in [0.29, 0.717) is 23.0 Å². The van der Waals surface area contributed by atoms with E-state index in [1.807, 2.05) is 62.5 Å². The van der Waals surface area contributed by atoms with E-state index in [1.165, 1.54) is 0 Å². The summed E-state index contributed by atoms with van der Waals surface area (Å²) in [7, 11) is -3.02. The number of aliphatic hydroxyl groups excluding tert-OH is 1. The minimum Gasteiger partial charge on any atom is -0.447 e. The van der Waals surface area contributed by atoms with Crippen LogP contribution in [0.5, 0.6) is 0 Å². The van der Waals surface area contributed by atoms with Crippen LogP contribution in [0.1, 0.15) is 68.9 Å². The Balaban J connectivity index is 1.27. The lowest BCUT2D eigenvalue weighted by Crippen LogP contribution is -2.38. The third-order valence-electron chi connectivity index (χ3n) is 7.48. The van der Waals surface area contributed by atoms with E-state index in [1.54, 1.807) is 17.4 Å². The molecular weight excluding hydrogens is 558 g/mol. The van der Waals surface area contributed by atoms with E-state index in [2.05, 4.69) is 16.0 Å². The molecule has 1 amide bonds. The Bertz CT molecular complexity index is 1430. The molecule has 3 aromatic rings. The molecule has 1 heterocycles. The van der Waals surface area contributed by atoms with Gasteiger partial charge < -0.3 is 20.5 Å². The zero-order chi connectivity index (χ0) is 29.0. The number of amides is 1. The van der Waals surface area contributed by atoms with Gasteiger partial charge in [-0.15, -0.1) is 11.3 Å². The molecule has 0 bridgehead atoms. The number of ether oxygens (including phenoxy) is 1. The highest BCUT2D eigenvalue weighted by Crippen LogP contribution is 2.43. The van der Waals surface area contributed by atoms with Crippen molar-refractivity contribution in [3.8, 4) is 10.4 Å². The van der Waals surface area contributed by atoms with Gasteiger partial charge in [0.15, 0.2) is 6.35 Å². The lowest BCUT2D eigenvalue weighted by Gasteiger charge is -2.28. The third-order valence-corrected chi connectivity index (χ3v) is 11.1. The van der Waals surface area contributed by atoms with Gasteiger partial charge in [-0.2, -0.15) is 0 Å². The molecule has 220 valence electrons. The molecule has 9 nitrogen and oxygen atoms in total. The quantitative estimate of drug-likeness (QED) is 0.171. The zero-order valence-electron chi connectivity index (χ0n) is 23.5. The Kier molecular flexibility index (Phi) is 9.28. The molecule has 2 aliphatic rings. The molecule has 0 radical (unpaired) electrons. The first-order valence-corrected chi connectivity index (χ1v) is 16.7. The Morgan fingerprint density at radius 2 is 1.85 bits per heavy atom. The molecule has 2 aromatic carbocycles. The van der Waals surface area contributed by atoms with Gasteiger partial charge in [0.25, 0.3) is 0 Å². The van der Waals surface area contributed by atoms with Gasteiger partial charge in [-0.05, 0) is 70.1 Å². The number of anilines is 1. The minimum absolute atomic E-state index is 0.104. The van der Waals surface area contributed by atoms with E-state index in [0.717, 1.165) is 59.5 Å². The van der Waals surface area contributed by atoms with Crippen molar-refractivity contribution in [2.45, 2.75) is 93.5 Å². The summed E-state index contributed by atoms with van der Waals surface area (Å²) in [5.41, 5.74) is 2.42. The van der Waals surface area contributed by atoms with Crippen LogP contribution in [0.25, 0.3) is 10.4 Å². The zero-order valence-corrected chi connectivity index (χ0v) is 25.1. The fraction of sp³-hybridized carbons (Fsp3) is 0.467. The van der Waals surface area contributed by atoms with Gasteiger partial charge in [0.05, 0.1) is 30.6 Å². The van der Waals surface area contributed by atoms with Crippen LogP contribution in [0.4, 0.5) is 10.5 Å². The maximum Gasteiger partial charge on any atom is 0.407 e. The molecule has 5 N–H and O–H groups in total. The van der Waals surface area contributed by atoms with Gasteiger partial charge in [0, 0.05) is 41.2 Å². The Hall–Kier alpha value is -2.99. The highest BCUT2D eigenvalue weighted by molar-refractivity contribution is 7.93. The van der Waals surface area contributed by atoms with E-state index < -0.39 is 16.1 Å². The monoisotopic (exact) mass is 597 g/mol. The van der Waals surface area contributed by atoms with Crippen molar-refractivity contribution in [1.82, 2.24) is 15.6 Å². The molecule has 11 heteroatoms. The second-order valence-electron chi connectivity index (χ2n) is 11.1. The summed E-state index contributed by atoms with van der Waals surface area (Å²) in [6.07, 6.45) is 5.45. The SMILES string of the molecule is CC(C)OC(=O)NC1CCC(c2ncc(-c3ccc(NC(O)NCc4ccccc4)cc3S(=N)(=O)C3CC3)s2)CC1. The molecular formula is C30H39N5O4S2. The number of benzene rings is 2. The molecule has 0 aliphatic heterocycles. The van der Waals surface area contributed by atoms with Crippen molar-refractivity contribution < 1.29 is 18.8 Å². The third kappa shape index (κ3) is 7.65. The number of nitrogens with one attached hydrogen (secondary N) is 4. The molecule has 5 rings (SSSR count). The summed E-state index contributed by atoms with van der Waals surface area (Å²) in [5.74, 6) is 0.298. The minimum atomic E-state index is -3.02. The van der Waals surface area contributed by atoms with Gasteiger partial charge in [-0.25, -0.2) is 18.8 Å². The standard InChI is InChI=1S/C30H39N5O4S2/c1-19(2)39-30(37)35-22-10-8-21(9-11-22)28-32-18-26(40-28)25-15-12-23(16-27(25)41(31,38)24-13-14-24)34-29(36)33-17-20-6-4-3-5-7-20/h3-7,12,15-16,18-19,21-22,24,29,31,33-34,36H,8-11,13-14,17H2,1-2H3,(H,35,37). The van der Waals surface area contributed by atoms with Crippen LogP contribution in [0.15, 0.2) is 59.6 Å². The van der Waals surface area contributed by atoms with Crippen molar-refractivity contribution in [1.29, 1.82) is 4.78 Å². The lowest BCUT2D eigenvalue weighted by molar-refractivity contribution is 0.109. The van der Waals surface area contributed by atoms with Crippen molar-refractivity contribution in [3.63, 3.8) is 0 Å². The number of aromatic nitrogens is 1. The first kappa shape index (κ1) is 29.5. The molecule has 0 saturated heterocycles. The molecule has 2 fully saturated rings. The summed E-state index contributed by atoms with van der Waals surface area (Å²) in [6.45, 7) is 4.16. The normalized spacial score (nSPS) is 21.2. The number of carbonyl (C=O) groups excluding carboxylic acids is 1. The van der Waals surface area contributed by atoms with Crippen molar-refractivity contribution in [3.05, 3.63) is 65.3 Å². The number of rotatable bonds is 11. The summed E-state index contributed by atoms with van der Waals surface area (Å²) in [5, 5.41) is 20.5. The molecule has 1 aromatic heterocycles. The average molecular weight is 598 g/mol. The van der Waals surface area contributed by atoms with Crippen LogP contribution in [0.3, 0.4) is 0 Å². The first-order chi connectivity index (χ1) is 19.7. The van der Waals surface area contributed by atoms with Gasteiger partial charge in [0.2, 0.25) is 0 Å². The number of aliphatic hydroxyl groups is 1. The fourth-order valence-corrected chi connectivity index (χ4v) is 8.32. The topological polar surface area (TPSA) is 136 Å². The van der Waals surface area contributed by atoms with Crippen LogP contribution >= 0.6 is 11.3 Å². The summed E-state index contributed by atoms with van der Waals surface area (Å²) < 4.78 is 27.7. The number of hydrogen-bond donors (Lipinski definition) is 5. The predicted molar refractivity (Wildman–Crippen MR) is 162 cm³/mol. The second kappa shape index (κ2) is 12.9.